The highest BCUT2D eigenvalue weighted by Crippen LogP contribution is 2.31. The summed E-state index contributed by atoms with van der Waals surface area (Å²) in [6.45, 7) is 0.897. The number of hydrogen-bond acceptors (Lipinski definition) is 2. The van der Waals surface area contributed by atoms with Gasteiger partial charge in [-0.15, -0.1) is 0 Å². The van der Waals surface area contributed by atoms with E-state index in [1.165, 1.54) is 29.5 Å². The minimum Gasteiger partial charge on any atom is -0.387 e. The van der Waals surface area contributed by atoms with Crippen LogP contribution in [-0.4, -0.2) is 27.4 Å². The Hall–Kier alpha value is -2.59. The van der Waals surface area contributed by atoms with Crippen molar-refractivity contribution >= 4 is 16.8 Å². The first-order valence-electron chi connectivity index (χ1n) is 9.39. The molecule has 1 amide bonds. The van der Waals surface area contributed by atoms with Crippen LogP contribution in [-0.2, 0) is 19.4 Å². The van der Waals surface area contributed by atoms with Gasteiger partial charge in [0.2, 0.25) is 0 Å². The number of benzene rings is 2. The molecule has 26 heavy (non-hydrogen) atoms. The number of rotatable bonds is 1. The van der Waals surface area contributed by atoms with Gasteiger partial charge in [-0.1, -0.05) is 24.3 Å². The molecule has 4 nitrogen and oxygen atoms in total. The van der Waals surface area contributed by atoms with E-state index in [9.17, 15) is 9.90 Å². The third-order valence-corrected chi connectivity index (χ3v) is 5.80. The molecule has 1 aliphatic carbocycles. The largest absolute Gasteiger partial charge is 0.387 e. The number of aliphatic hydroxyl groups is 1. The number of aromatic nitrogens is 1. The van der Waals surface area contributed by atoms with Crippen LogP contribution in [0.15, 0.2) is 42.5 Å². The van der Waals surface area contributed by atoms with Crippen molar-refractivity contribution in [2.45, 2.75) is 38.3 Å². The fourth-order valence-electron chi connectivity index (χ4n) is 4.46. The maximum atomic E-state index is 13.1. The van der Waals surface area contributed by atoms with Crippen LogP contribution < -0.4 is 0 Å². The molecular formula is C22H22N2O2. The average Bonchev–Trinajstić information content (AvgIpc) is 3.05. The Morgan fingerprint density at radius 3 is 2.88 bits per heavy atom. The van der Waals surface area contributed by atoms with Crippen LogP contribution in [0.5, 0.6) is 0 Å². The normalized spacial score (nSPS) is 19.3. The first-order valence-corrected chi connectivity index (χ1v) is 9.39. The topological polar surface area (TPSA) is 56.3 Å². The zero-order valence-corrected chi connectivity index (χ0v) is 14.7. The van der Waals surface area contributed by atoms with Gasteiger partial charge in [0.15, 0.2) is 0 Å². The number of aromatic amines is 1. The van der Waals surface area contributed by atoms with Gasteiger partial charge in [0.25, 0.3) is 5.91 Å². The van der Waals surface area contributed by atoms with Gasteiger partial charge in [-0.2, -0.15) is 0 Å². The molecule has 2 aliphatic rings. The van der Waals surface area contributed by atoms with Crippen LogP contribution in [0.3, 0.4) is 0 Å². The number of nitrogens with one attached hydrogen (secondary N) is 1. The Morgan fingerprint density at radius 2 is 1.96 bits per heavy atom. The summed E-state index contributed by atoms with van der Waals surface area (Å²) in [6.07, 6.45) is 4.02. The third kappa shape index (κ3) is 2.44. The van der Waals surface area contributed by atoms with Gasteiger partial charge < -0.3 is 15.0 Å². The Balaban J connectivity index is 1.49. The van der Waals surface area contributed by atoms with E-state index < -0.39 is 6.10 Å². The van der Waals surface area contributed by atoms with Crippen molar-refractivity contribution in [2.24, 2.45) is 0 Å². The molecule has 0 spiro atoms. The van der Waals surface area contributed by atoms with Crippen molar-refractivity contribution in [3.05, 3.63) is 70.4 Å². The molecule has 0 bridgehead atoms. The van der Waals surface area contributed by atoms with Crippen LogP contribution in [0.1, 0.15) is 51.7 Å². The number of carbonyl (C=O) groups is 1. The summed E-state index contributed by atoms with van der Waals surface area (Å²) in [5.41, 5.74) is 6.50. The molecule has 3 aromatic rings. The SMILES string of the molecule is O=C(c1ccc2[nH]c3c(c2c1)CCCC3)N1Cc2ccccc2C(O)C1. The Kier molecular flexibility index (Phi) is 3.61. The van der Waals surface area contributed by atoms with Crippen molar-refractivity contribution in [1.82, 2.24) is 9.88 Å². The van der Waals surface area contributed by atoms with Crippen molar-refractivity contribution in [2.75, 3.05) is 6.54 Å². The van der Waals surface area contributed by atoms with Gasteiger partial charge >= 0.3 is 0 Å². The Bertz CT molecular complexity index is 1000. The predicted octanol–water partition coefficient (Wildman–Crippen LogP) is 3.74. The minimum atomic E-state index is -0.618. The molecule has 2 heterocycles. The lowest BCUT2D eigenvalue weighted by atomic mass is 9.94. The highest BCUT2D eigenvalue weighted by molar-refractivity contribution is 5.99. The Labute approximate surface area is 152 Å². The molecule has 132 valence electrons. The standard InChI is InChI=1S/C22H22N2O2/c25-21-13-24(12-15-5-1-2-6-16(15)21)22(26)14-9-10-20-18(11-14)17-7-3-4-8-19(17)23-20/h1-2,5-6,9-11,21,23,25H,3-4,7-8,12-13H2. The van der Waals surface area contributed by atoms with Gasteiger partial charge in [0.1, 0.15) is 0 Å². The first kappa shape index (κ1) is 15.6. The maximum absolute atomic E-state index is 13.1. The van der Waals surface area contributed by atoms with E-state index in [0.717, 1.165) is 29.5 Å². The van der Waals surface area contributed by atoms with Crippen molar-refractivity contribution < 1.29 is 9.90 Å². The van der Waals surface area contributed by atoms with Crippen molar-refractivity contribution in [3.8, 4) is 0 Å². The molecule has 5 rings (SSSR count). The molecule has 0 saturated carbocycles. The fourth-order valence-corrected chi connectivity index (χ4v) is 4.46. The smallest absolute Gasteiger partial charge is 0.254 e. The zero-order chi connectivity index (χ0) is 17.7. The first-order chi connectivity index (χ1) is 12.7. The average molecular weight is 346 g/mol. The lowest BCUT2D eigenvalue weighted by molar-refractivity contribution is 0.0550. The molecule has 2 N–H and O–H groups in total. The summed E-state index contributed by atoms with van der Waals surface area (Å²) < 4.78 is 0. The number of nitrogens with zero attached hydrogens (tertiary/aromatic N) is 1. The number of β-amino-alcohol motifs (C(OH)–C–C–N with tert-alkyl or cyclic N) is 1. The molecule has 4 heteroatoms. The van der Waals surface area contributed by atoms with Gasteiger partial charge in [-0.25, -0.2) is 0 Å². The second kappa shape index (κ2) is 5.99. The molecule has 1 atom stereocenters. The van der Waals surface area contributed by atoms with Crippen LogP contribution in [0.2, 0.25) is 0 Å². The monoisotopic (exact) mass is 346 g/mol. The van der Waals surface area contributed by atoms with E-state index in [-0.39, 0.29) is 5.91 Å². The number of aryl methyl sites for hydroxylation is 2. The summed E-state index contributed by atoms with van der Waals surface area (Å²) in [6, 6.07) is 13.8. The number of amides is 1. The second-order valence-electron chi connectivity index (χ2n) is 7.45. The highest BCUT2D eigenvalue weighted by atomic mass is 16.3. The van der Waals surface area contributed by atoms with E-state index in [0.29, 0.717) is 18.7 Å². The molecule has 0 fully saturated rings. The quantitative estimate of drug-likeness (QED) is 0.705. The fraction of sp³-hybridized carbons (Fsp3) is 0.318. The minimum absolute atomic E-state index is 0.00814. The second-order valence-corrected chi connectivity index (χ2v) is 7.45. The number of fused-ring (bicyclic) bond motifs is 4. The van der Waals surface area contributed by atoms with Gasteiger partial charge in [-0.3, -0.25) is 4.79 Å². The van der Waals surface area contributed by atoms with Crippen LogP contribution in [0.25, 0.3) is 10.9 Å². The van der Waals surface area contributed by atoms with E-state index in [4.69, 9.17) is 0 Å². The Morgan fingerprint density at radius 1 is 1.12 bits per heavy atom. The summed E-state index contributed by atoms with van der Waals surface area (Å²) in [7, 11) is 0. The van der Waals surface area contributed by atoms with Crippen LogP contribution in [0, 0.1) is 0 Å². The number of H-pyrrole nitrogens is 1. The predicted molar refractivity (Wildman–Crippen MR) is 101 cm³/mol. The molecule has 1 unspecified atom stereocenters. The van der Waals surface area contributed by atoms with Crippen molar-refractivity contribution in [1.29, 1.82) is 0 Å². The third-order valence-electron chi connectivity index (χ3n) is 5.80. The van der Waals surface area contributed by atoms with E-state index in [1.54, 1.807) is 4.90 Å². The maximum Gasteiger partial charge on any atom is 0.254 e. The number of aliphatic hydroxyl groups excluding tert-OH is 1. The summed E-state index contributed by atoms with van der Waals surface area (Å²) in [5.74, 6) is -0.00814. The highest BCUT2D eigenvalue weighted by Gasteiger charge is 2.27. The van der Waals surface area contributed by atoms with E-state index in [2.05, 4.69) is 4.98 Å². The lowest BCUT2D eigenvalue weighted by Crippen LogP contribution is -2.38. The number of carbonyl (C=O) groups excluding carboxylic acids is 1. The van der Waals surface area contributed by atoms with Gasteiger partial charge in [0, 0.05) is 28.7 Å². The molecule has 2 aromatic carbocycles. The summed E-state index contributed by atoms with van der Waals surface area (Å²) in [5, 5.41) is 11.6. The van der Waals surface area contributed by atoms with E-state index in [1.807, 2.05) is 42.5 Å². The molecular weight excluding hydrogens is 324 g/mol. The van der Waals surface area contributed by atoms with Crippen molar-refractivity contribution in [3.63, 3.8) is 0 Å². The van der Waals surface area contributed by atoms with Crippen LogP contribution in [0.4, 0.5) is 0 Å². The van der Waals surface area contributed by atoms with Crippen LogP contribution >= 0.6 is 0 Å². The van der Waals surface area contributed by atoms with E-state index >= 15 is 0 Å². The molecule has 0 radical (unpaired) electrons. The summed E-state index contributed by atoms with van der Waals surface area (Å²) >= 11 is 0. The molecule has 1 aliphatic heterocycles. The van der Waals surface area contributed by atoms with Gasteiger partial charge in [0.05, 0.1) is 12.6 Å². The van der Waals surface area contributed by atoms with Gasteiger partial charge in [-0.05, 0) is 60.6 Å². The lowest BCUT2D eigenvalue weighted by Gasteiger charge is -2.32. The zero-order valence-electron chi connectivity index (χ0n) is 14.7. The molecule has 1 aromatic heterocycles. The molecule has 0 saturated heterocycles. The summed E-state index contributed by atoms with van der Waals surface area (Å²) in [4.78, 5) is 18.4. The number of hydrogen-bond donors (Lipinski definition) is 2.